The van der Waals surface area contributed by atoms with Crippen LogP contribution in [0.5, 0.6) is 0 Å². The van der Waals surface area contributed by atoms with Gasteiger partial charge in [0.25, 0.3) is 0 Å². The molecule has 0 saturated heterocycles. The van der Waals surface area contributed by atoms with E-state index >= 15 is 0 Å². The summed E-state index contributed by atoms with van der Waals surface area (Å²) in [5, 5.41) is 5.06. The molecule has 28 heavy (non-hydrogen) atoms. The fraction of sp³-hybridized carbons (Fsp3) is 0.192. The maximum Gasteiger partial charge on any atom is 0.0959 e. The van der Waals surface area contributed by atoms with Gasteiger partial charge >= 0.3 is 0 Å². The zero-order chi connectivity index (χ0) is 19.7. The van der Waals surface area contributed by atoms with E-state index in [0.717, 1.165) is 12.2 Å². The van der Waals surface area contributed by atoms with Crippen molar-refractivity contribution in [1.29, 1.82) is 0 Å². The van der Waals surface area contributed by atoms with Crippen LogP contribution < -0.4 is 0 Å². The lowest BCUT2D eigenvalue weighted by Crippen LogP contribution is -2.05. The topological polar surface area (TPSA) is 17.8 Å². The van der Waals surface area contributed by atoms with E-state index in [0.29, 0.717) is 0 Å². The fourth-order valence-electron chi connectivity index (χ4n) is 3.68. The molecule has 0 spiro atoms. The van der Waals surface area contributed by atoms with Crippen LogP contribution in [0.4, 0.5) is 0 Å². The van der Waals surface area contributed by atoms with Gasteiger partial charge in [0.05, 0.1) is 17.9 Å². The van der Waals surface area contributed by atoms with Gasteiger partial charge in [0.1, 0.15) is 0 Å². The SMILES string of the molecule is Cc1ccc(-c2nn(Cc3ccccc3C)c(-c3ccc(C)cc3)c2C)cc1. The highest BCUT2D eigenvalue weighted by Crippen LogP contribution is 2.32. The van der Waals surface area contributed by atoms with Gasteiger partial charge < -0.3 is 0 Å². The standard InChI is InChI=1S/C26H26N2/c1-18-9-13-22(14-10-18)25-21(4)26(23-15-11-19(2)12-16-23)28(27-25)17-24-8-6-5-7-20(24)3/h5-16H,17H2,1-4H3. The molecule has 0 unspecified atom stereocenters. The number of hydrogen-bond acceptors (Lipinski definition) is 1. The predicted octanol–water partition coefficient (Wildman–Crippen LogP) is 6.50. The summed E-state index contributed by atoms with van der Waals surface area (Å²) >= 11 is 0. The van der Waals surface area contributed by atoms with E-state index in [9.17, 15) is 0 Å². The van der Waals surface area contributed by atoms with Gasteiger partial charge in [-0.2, -0.15) is 5.10 Å². The molecular formula is C26H26N2. The van der Waals surface area contributed by atoms with Gasteiger partial charge in [-0.3, -0.25) is 4.68 Å². The summed E-state index contributed by atoms with van der Waals surface area (Å²) in [6, 6.07) is 25.9. The Morgan fingerprint density at radius 2 is 1.25 bits per heavy atom. The van der Waals surface area contributed by atoms with Crippen molar-refractivity contribution in [2.45, 2.75) is 34.2 Å². The summed E-state index contributed by atoms with van der Waals surface area (Å²) in [5.41, 5.74) is 11.0. The van der Waals surface area contributed by atoms with Crippen LogP contribution in [-0.4, -0.2) is 9.78 Å². The van der Waals surface area contributed by atoms with Gasteiger partial charge in [-0.15, -0.1) is 0 Å². The first-order valence-corrected chi connectivity index (χ1v) is 9.79. The molecule has 2 nitrogen and oxygen atoms in total. The molecule has 0 aliphatic carbocycles. The molecule has 0 saturated carbocycles. The van der Waals surface area contributed by atoms with Gasteiger partial charge in [0.15, 0.2) is 0 Å². The molecule has 140 valence electrons. The van der Waals surface area contributed by atoms with Gasteiger partial charge in [-0.25, -0.2) is 0 Å². The number of nitrogens with zero attached hydrogens (tertiary/aromatic N) is 2. The Morgan fingerprint density at radius 1 is 0.679 bits per heavy atom. The molecule has 0 radical (unpaired) electrons. The maximum atomic E-state index is 5.06. The van der Waals surface area contributed by atoms with Crippen molar-refractivity contribution in [3.63, 3.8) is 0 Å². The van der Waals surface area contributed by atoms with Crippen LogP contribution in [0.15, 0.2) is 72.8 Å². The quantitative estimate of drug-likeness (QED) is 0.403. The molecule has 0 aliphatic rings. The number of benzene rings is 3. The second kappa shape index (κ2) is 7.47. The lowest BCUT2D eigenvalue weighted by atomic mass is 10.0. The molecule has 0 aliphatic heterocycles. The van der Waals surface area contributed by atoms with E-state index in [1.165, 1.54) is 44.6 Å². The summed E-state index contributed by atoms with van der Waals surface area (Å²) in [7, 11) is 0. The van der Waals surface area contributed by atoms with E-state index < -0.39 is 0 Å². The van der Waals surface area contributed by atoms with E-state index in [2.05, 4.69) is 105 Å². The lowest BCUT2D eigenvalue weighted by molar-refractivity contribution is 0.693. The van der Waals surface area contributed by atoms with Crippen molar-refractivity contribution < 1.29 is 0 Å². The molecule has 1 aromatic heterocycles. The maximum absolute atomic E-state index is 5.06. The van der Waals surface area contributed by atoms with Crippen molar-refractivity contribution >= 4 is 0 Å². The third kappa shape index (κ3) is 3.50. The molecule has 1 heterocycles. The number of aromatic nitrogens is 2. The van der Waals surface area contributed by atoms with Crippen LogP contribution in [0.25, 0.3) is 22.5 Å². The fourth-order valence-corrected chi connectivity index (χ4v) is 3.68. The molecule has 3 aromatic carbocycles. The second-order valence-electron chi connectivity index (χ2n) is 7.64. The highest BCUT2D eigenvalue weighted by atomic mass is 15.3. The van der Waals surface area contributed by atoms with Gasteiger partial charge in [-0.1, -0.05) is 83.9 Å². The summed E-state index contributed by atoms with van der Waals surface area (Å²) in [6.45, 7) is 9.36. The van der Waals surface area contributed by atoms with Crippen LogP contribution in [-0.2, 0) is 6.54 Å². The Morgan fingerprint density at radius 3 is 1.86 bits per heavy atom. The van der Waals surface area contributed by atoms with Crippen LogP contribution >= 0.6 is 0 Å². The molecule has 0 N–H and O–H groups in total. The Bertz CT molecular complexity index is 1100. The third-order valence-corrected chi connectivity index (χ3v) is 5.42. The summed E-state index contributed by atoms with van der Waals surface area (Å²) in [4.78, 5) is 0. The zero-order valence-electron chi connectivity index (χ0n) is 17.0. The smallest absolute Gasteiger partial charge is 0.0959 e. The molecule has 0 amide bonds. The van der Waals surface area contributed by atoms with Crippen molar-refractivity contribution in [2.24, 2.45) is 0 Å². The molecule has 4 rings (SSSR count). The molecular weight excluding hydrogens is 340 g/mol. The van der Waals surface area contributed by atoms with E-state index in [1.807, 2.05) is 0 Å². The summed E-state index contributed by atoms with van der Waals surface area (Å²) in [5.74, 6) is 0. The van der Waals surface area contributed by atoms with Gasteiger partial charge in [-0.05, 0) is 38.8 Å². The minimum absolute atomic E-state index is 0.766. The first kappa shape index (κ1) is 18.2. The minimum atomic E-state index is 0.766. The zero-order valence-corrected chi connectivity index (χ0v) is 17.0. The first-order valence-electron chi connectivity index (χ1n) is 9.79. The number of aryl methyl sites for hydroxylation is 3. The molecule has 2 heteroatoms. The summed E-state index contributed by atoms with van der Waals surface area (Å²) in [6.07, 6.45) is 0. The highest BCUT2D eigenvalue weighted by molar-refractivity contribution is 5.74. The van der Waals surface area contributed by atoms with Crippen molar-refractivity contribution in [3.8, 4) is 22.5 Å². The van der Waals surface area contributed by atoms with Gasteiger partial charge in [0, 0.05) is 16.7 Å². The van der Waals surface area contributed by atoms with Crippen molar-refractivity contribution in [2.75, 3.05) is 0 Å². The normalized spacial score (nSPS) is 11.0. The average molecular weight is 367 g/mol. The minimum Gasteiger partial charge on any atom is -0.260 e. The van der Waals surface area contributed by atoms with Crippen molar-refractivity contribution in [1.82, 2.24) is 9.78 Å². The van der Waals surface area contributed by atoms with E-state index in [4.69, 9.17) is 5.10 Å². The van der Waals surface area contributed by atoms with Crippen LogP contribution in [0, 0.1) is 27.7 Å². The van der Waals surface area contributed by atoms with E-state index in [-0.39, 0.29) is 0 Å². The first-order chi connectivity index (χ1) is 13.5. The van der Waals surface area contributed by atoms with E-state index in [1.54, 1.807) is 0 Å². The number of rotatable bonds is 4. The highest BCUT2D eigenvalue weighted by Gasteiger charge is 2.18. The molecule has 0 fully saturated rings. The molecule has 4 aromatic rings. The Kier molecular flexibility index (Phi) is 4.87. The Balaban J connectivity index is 1.87. The van der Waals surface area contributed by atoms with Crippen molar-refractivity contribution in [3.05, 3.63) is 101 Å². The van der Waals surface area contributed by atoms with Crippen LogP contribution in [0.2, 0.25) is 0 Å². The molecule has 0 atom stereocenters. The molecule has 0 bridgehead atoms. The Labute approximate surface area is 167 Å². The summed E-state index contributed by atoms with van der Waals surface area (Å²) < 4.78 is 2.16. The monoisotopic (exact) mass is 366 g/mol. The van der Waals surface area contributed by atoms with Crippen LogP contribution in [0.3, 0.4) is 0 Å². The Hall–Kier alpha value is -3.13. The largest absolute Gasteiger partial charge is 0.260 e. The predicted molar refractivity (Wildman–Crippen MR) is 118 cm³/mol. The van der Waals surface area contributed by atoms with Crippen LogP contribution in [0.1, 0.15) is 27.8 Å². The second-order valence-corrected chi connectivity index (χ2v) is 7.64. The number of hydrogen-bond donors (Lipinski definition) is 0. The van der Waals surface area contributed by atoms with Gasteiger partial charge in [0.2, 0.25) is 0 Å². The lowest BCUT2D eigenvalue weighted by Gasteiger charge is -2.11. The average Bonchev–Trinajstić information content (AvgIpc) is 3.01. The third-order valence-electron chi connectivity index (χ3n) is 5.42.